The highest BCUT2D eigenvalue weighted by molar-refractivity contribution is 9.10. The molecule has 0 bridgehead atoms. The summed E-state index contributed by atoms with van der Waals surface area (Å²) in [7, 11) is 1.70. The van der Waals surface area contributed by atoms with Gasteiger partial charge in [-0.25, -0.2) is 9.59 Å². The van der Waals surface area contributed by atoms with E-state index in [1.54, 1.807) is 43.5 Å². The van der Waals surface area contributed by atoms with Gasteiger partial charge in [0, 0.05) is 20.1 Å². The minimum Gasteiger partial charge on any atom is -0.507 e. The summed E-state index contributed by atoms with van der Waals surface area (Å²) in [6, 6.07) is 26.2. The van der Waals surface area contributed by atoms with Crippen molar-refractivity contribution >= 4 is 66.1 Å². The standard InChI is InChI=1S/C21H21BrO3.C18H15BrO3/c1-3-25-21(23)15-7-4-6-14(12-15)17-8-5-9-18(17)19-13-16(22)10-11-20(19)24-2;19-13-7-8-17(20)16(10-13)15-6-2-5-14(15)11-3-1-4-12(9-11)18(21)22/h4,6-7,10-13H,3,5,8-9H2,1-2H3;1,3-4,7-10,20H,2,5-6H2,(H,21,22). The highest BCUT2D eigenvalue weighted by atomic mass is 79.9. The van der Waals surface area contributed by atoms with Gasteiger partial charge < -0.3 is 19.7 Å². The number of carbonyl (C=O) groups is 2. The third-order valence-corrected chi connectivity index (χ3v) is 9.37. The molecule has 0 spiro atoms. The van der Waals surface area contributed by atoms with Crippen LogP contribution in [0.1, 0.15) is 88.4 Å². The molecular formula is C39H36Br2O6. The number of benzene rings is 4. The van der Waals surface area contributed by atoms with Crippen molar-refractivity contribution in [1.29, 1.82) is 0 Å². The number of aromatic hydroxyl groups is 1. The lowest BCUT2D eigenvalue weighted by Gasteiger charge is -2.13. The van der Waals surface area contributed by atoms with Gasteiger partial charge in [0.1, 0.15) is 11.5 Å². The summed E-state index contributed by atoms with van der Waals surface area (Å²) in [4.78, 5) is 23.2. The van der Waals surface area contributed by atoms with E-state index in [1.165, 1.54) is 11.1 Å². The first-order chi connectivity index (χ1) is 22.7. The summed E-state index contributed by atoms with van der Waals surface area (Å²) in [5.74, 6) is -0.0667. The summed E-state index contributed by atoms with van der Waals surface area (Å²) >= 11 is 7.00. The molecule has 2 aliphatic carbocycles. The van der Waals surface area contributed by atoms with Crippen LogP contribution in [0.4, 0.5) is 0 Å². The van der Waals surface area contributed by atoms with Crippen molar-refractivity contribution in [3.8, 4) is 11.5 Å². The molecule has 242 valence electrons. The lowest BCUT2D eigenvalue weighted by Crippen LogP contribution is -2.04. The summed E-state index contributed by atoms with van der Waals surface area (Å²) in [5, 5.41) is 19.3. The molecule has 0 saturated heterocycles. The minimum atomic E-state index is -0.924. The molecule has 6 nitrogen and oxygen atoms in total. The van der Waals surface area contributed by atoms with Crippen molar-refractivity contribution in [1.82, 2.24) is 0 Å². The van der Waals surface area contributed by atoms with Gasteiger partial charge in [0.15, 0.2) is 0 Å². The Bertz CT molecular complexity index is 1870. The molecule has 0 unspecified atom stereocenters. The SMILES string of the molecule is CCOC(=O)c1cccc(C2=C(c3cc(Br)ccc3OC)CCC2)c1.O=C(O)c1cccc(C2=C(c3cc(Br)ccc3O)CCC2)c1. The Morgan fingerprint density at radius 1 is 0.702 bits per heavy atom. The second-order valence-electron chi connectivity index (χ2n) is 11.3. The summed E-state index contributed by atoms with van der Waals surface area (Å²) in [6.45, 7) is 2.20. The Morgan fingerprint density at radius 3 is 1.83 bits per heavy atom. The largest absolute Gasteiger partial charge is 0.507 e. The molecule has 4 aromatic rings. The van der Waals surface area contributed by atoms with Crippen LogP contribution in [0.5, 0.6) is 11.5 Å². The fourth-order valence-corrected chi connectivity index (χ4v) is 7.00. The van der Waals surface area contributed by atoms with Crippen molar-refractivity contribution in [2.45, 2.75) is 45.4 Å². The van der Waals surface area contributed by atoms with Gasteiger partial charge in [-0.2, -0.15) is 0 Å². The maximum atomic E-state index is 12.0. The van der Waals surface area contributed by atoms with Gasteiger partial charge in [-0.05, 0) is 140 Å². The number of halogens is 2. The van der Waals surface area contributed by atoms with Crippen molar-refractivity contribution < 1.29 is 29.3 Å². The second-order valence-corrected chi connectivity index (χ2v) is 13.1. The number of carbonyl (C=O) groups excluding carboxylic acids is 1. The molecule has 2 N–H and O–H groups in total. The van der Waals surface area contributed by atoms with E-state index in [-0.39, 0.29) is 17.3 Å². The molecule has 6 rings (SSSR count). The first-order valence-electron chi connectivity index (χ1n) is 15.6. The Morgan fingerprint density at radius 2 is 1.23 bits per heavy atom. The Hall–Kier alpha value is -4.14. The normalized spacial score (nSPS) is 14.1. The molecule has 0 heterocycles. The van der Waals surface area contributed by atoms with Crippen molar-refractivity contribution in [2.24, 2.45) is 0 Å². The molecular weight excluding hydrogens is 724 g/mol. The number of allylic oxidation sites excluding steroid dienone is 4. The molecule has 4 aromatic carbocycles. The van der Waals surface area contributed by atoms with Crippen LogP contribution in [-0.4, -0.2) is 35.9 Å². The van der Waals surface area contributed by atoms with Gasteiger partial charge in [0.2, 0.25) is 0 Å². The van der Waals surface area contributed by atoms with Crippen LogP contribution in [0.2, 0.25) is 0 Å². The smallest absolute Gasteiger partial charge is 0.338 e. The lowest BCUT2D eigenvalue weighted by atomic mass is 9.95. The van der Waals surface area contributed by atoms with E-state index < -0.39 is 5.97 Å². The van der Waals surface area contributed by atoms with Crippen LogP contribution < -0.4 is 4.74 Å². The first-order valence-corrected chi connectivity index (χ1v) is 17.2. The molecule has 8 heteroatoms. The van der Waals surface area contributed by atoms with Gasteiger partial charge in [0.25, 0.3) is 0 Å². The van der Waals surface area contributed by atoms with Crippen molar-refractivity contribution in [3.63, 3.8) is 0 Å². The average molecular weight is 761 g/mol. The average Bonchev–Trinajstić information content (AvgIpc) is 3.77. The van der Waals surface area contributed by atoms with E-state index >= 15 is 0 Å². The number of hydrogen-bond acceptors (Lipinski definition) is 5. The zero-order valence-electron chi connectivity index (χ0n) is 26.3. The first kappa shape index (κ1) is 34.2. The van der Waals surface area contributed by atoms with Gasteiger partial charge >= 0.3 is 11.9 Å². The number of rotatable bonds is 8. The number of hydrogen-bond donors (Lipinski definition) is 2. The molecule has 47 heavy (non-hydrogen) atoms. The topological polar surface area (TPSA) is 93.1 Å². The molecule has 0 atom stereocenters. The fraction of sp³-hybridized carbons (Fsp3) is 0.231. The van der Waals surface area contributed by atoms with E-state index in [2.05, 4.69) is 44.0 Å². The molecule has 0 aromatic heterocycles. The zero-order valence-corrected chi connectivity index (χ0v) is 29.5. The number of ether oxygens (including phenoxy) is 2. The molecule has 0 fully saturated rings. The van der Waals surface area contributed by atoms with Gasteiger partial charge in [0.05, 0.1) is 24.8 Å². The van der Waals surface area contributed by atoms with Crippen LogP contribution in [0.15, 0.2) is 93.9 Å². The Balaban J connectivity index is 0.000000186. The van der Waals surface area contributed by atoms with E-state index in [4.69, 9.17) is 14.6 Å². The molecule has 2 aliphatic rings. The maximum absolute atomic E-state index is 12.0. The molecule has 0 saturated carbocycles. The van der Waals surface area contributed by atoms with Crippen molar-refractivity contribution in [2.75, 3.05) is 13.7 Å². The van der Waals surface area contributed by atoms with Crippen LogP contribution in [0, 0.1) is 0 Å². The highest BCUT2D eigenvalue weighted by Gasteiger charge is 2.22. The number of phenols is 1. The predicted octanol–water partition coefficient (Wildman–Crippen LogP) is 10.7. The van der Waals surface area contributed by atoms with Gasteiger partial charge in [-0.15, -0.1) is 0 Å². The zero-order chi connectivity index (χ0) is 33.5. The predicted molar refractivity (Wildman–Crippen MR) is 194 cm³/mol. The van der Waals surface area contributed by atoms with Crippen LogP contribution >= 0.6 is 31.9 Å². The fourth-order valence-electron chi connectivity index (χ4n) is 6.27. The Kier molecular flexibility index (Phi) is 11.4. The lowest BCUT2D eigenvalue weighted by molar-refractivity contribution is 0.0525. The van der Waals surface area contributed by atoms with E-state index in [0.717, 1.165) is 86.6 Å². The number of carboxylic acid groups (broad SMARTS) is 1. The number of phenolic OH excluding ortho intramolecular Hbond substituents is 1. The van der Waals surface area contributed by atoms with E-state index in [0.29, 0.717) is 12.2 Å². The number of aromatic carboxylic acids is 1. The molecule has 0 amide bonds. The number of carboxylic acids is 1. The van der Waals surface area contributed by atoms with Gasteiger partial charge in [-0.1, -0.05) is 56.1 Å². The molecule has 0 aliphatic heterocycles. The quantitative estimate of drug-likeness (QED) is 0.174. The third kappa shape index (κ3) is 8.06. The van der Waals surface area contributed by atoms with Gasteiger partial charge in [-0.3, -0.25) is 0 Å². The highest BCUT2D eigenvalue weighted by Crippen LogP contribution is 2.44. The second kappa shape index (κ2) is 15.6. The Labute approximate surface area is 292 Å². The van der Waals surface area contributed by atoms with Crippen LogP contribution in [0.25, 0.3) is 22.3 Å². The van der Waals surface area contributed by atoms with E-state index in [1.807, 2.05) is 43.3 Å². The summed E-state index contributed by atoms with van der Waals surface area (Å²) < 4.78 is 12.6. The van der Waals surface area contributed by atoms with Crippen molar-refractivity contribution in [3.05, 3.63) is 127 Å². The maximum Gasteiger partial charge on any atom is 0.338 e. The summed E-state index contributed by atoms with van der Waals surface area (Å²) in [6.07, 6.45) is 5.89. The van der Waals surface area contributed by atoms with E-state index in [9.17, 15) is 14.7 Å². The molecule has 0 radical (unpaired) electrons. The minimum absolute atomic E-state index is 0.256. The van der Waals surface area contributed by atoms with Crippen LogP contribution in [0.3, 0.4) is 0 Å². The number of methoxy groups -OCH3 is 1. The third-order valence-electron chi connectivity index (χ3n) is 8.39. The number of esters is 1. The monoisotopic (exact) mass is 758 g/mol. The van der Waals surface area contributed by atoms with Crippen LogP contribution in [-0.2, 0) is 4.74 Å². The summed E-state index contributed by atoms with van der Waals surface area (Å²) in [5.41, 5.74) is 9.62.